The molecule has 1 aromatic carbocycles. The highest BCUT2D eigenvalue weighted by Crippen LogP contribution is 2.34. The van der Waals surface area contributed by atoms with Crippen molar-refractivity contribution in [3.63, 3.8) is 0 Å². The van der Waals surface area contributed by atoms with Crippen LogP contribution in [0, 0.1) is 0 Å². The van der Waals surface area contributed by atoms with Crippen LogP contribution in [0.1, 0.15) is 24.5 Å². The van der Waals surface area contributed by atoms with Crippen molar-refractivity contribution < 1.29 is 18.0 Å². The Morgan fingerprint density at radius 1 is 1.41 bits per heavy atom. The Morgan fingerprint density at radius 3 is 2.53 bits per heavy atom. The minimum atomic E-state index is -4.44. The molecule has 0 N–H and O–H groups in total. The van der Waals surface area contributed by atoms with E-state index in [2.05, 4.69) is 9.99 Å². The standard InChI is InChI=1S/C11H11ClF3NO/c1-3-10(16-17-2)8-6-7(12)4-5-9(8)11(13,14)15/h4-6H,3H2,1-2H3. The number of hydrogen-bond donors (Lipinski definition) is 0. The predicted molar refractivity (Wildman–Crippen MR) is 60.3 cm³/mol. The number of alkyl halides is 3. The van der Waals surface area contributed by atoms with E-state index in [1.807, 2.05) is 0 Å². The lowest BCUT2D eigenvalue weighted by molar-refractivity contribution is -0.137. The molecule has 0 saturated carbocycles. The van der Waals surface area contributed by atoms with Crippen LogP contribution >= 0.6 is 11.6 Å². The summed E-state index contributed by atoms with van der Waals surface area (Å²) in [5, 5.41) is 3.81. The summed E-state index contributed by atoms with van der Waals surface area (Å²) in [5.74, 6) is 0. The van der Waals surface area contributed by atoms with Crippen molar-refractivity contribution in [2.75, 3.05) is 7.11 Å². The molecular formula is C11H11ClF3NO. The number of rotatable bonds is 3. The van der Waals surface area contributed by atoms with E-state index >= 15 is 0 Å². The molecule has 0 aliphatic rings. The van der Waals surface area contributed by atoms with Crippen molar-refractivity contribution in [1.29, 1.82) is 0 Å². The molecule has 17 heavy (non-hydrogen) atoms. The number of benzene rings is 1. The molecule has 0 aromatic heterocycles. The zero-order valence-corrected chi connectivity index (χ0v) is 10.1. The van der Waals surface area contributed by atoms with Gasteiger partial charge in [-0.3, -0.25) is 0 Å². The van der Waals surface area contributed by atoms with Crippen molar-refractivity contribution in [2.45, 2.75) is 19.5 Å². The Bertz CT molecular complexity index is 429. The lowest BCUT2D eigenvalue weighted by Crippen LogP contribution is -2.13. The first-order valence-corrected chi connectivity index (χ1v) is 5.25. The van der Waals surface area contributed by atoms with Crippen molar-refractivity contribution in [2.24, 2.45) is 5.16 Å². The van der Waals surface area contributed by atoms with E-state index in [4.69, 9.17) is 11.6 Å². The average Bonchev–Trinajstić information content (AvgIpc) is 2.24. The molecule has 6 heteroatoms. The van der Waals surface area contributed by atoms with E-state index in [1.54, 1.807) is 6.92 Å². The van der Waals surface area contributed by atoms with E-state index < -0.39 is 11.7 Å². The lowest BCUT2D eigenvalue weighted by Gasteiger charge is -2.13. The molecule has 0 amide bonds. The monoisotopic (exact) mass is 265 g/mol. The van der Waals surface area contributed by atoms with Gasteiger partial charge >= 0.3 is 6.18 Å². The Balaban J connectivity index is 3.39. The second kappa shape index (κ2) is 5.40. The number of nitrogens with zero attached hydrogens (tertiary/aromatic N) is 1. The molecule has 0 aliphatic heterocycles. The first-order chi connectivity index (χ1) is 7.90. The maximum absolute atomic E-state index is 12.8. The van der Waals surface area contributed by atoms with Crippen molar-refractivity contribution in [3.05, 3.63) is 34.3 Å². The summed E-state index contributed by atoms with van der Waals surface area (Å²) in [6.45, 7) is 1.69. The van der Waals surface area contributed by atoms with Gasteiger partial charge in [-0.05, 0) is 24.6 Å². The van der Waals surface area contributed by atoms with E-state index in [0.717, 1.165) is 6.07 Å². The third-order valence-corrected chi connectivity index (χ3v) is 2.37. The van der Waals surface area contributed by atoms with E-state index in [9.17, 15) is 13.2 Å². The van der Waals surface area contributed by atoms with Crippen LogP contribution in [0.3, 0.4) is 0 Å². The molecule has 1 rings (SSSR count). The summed E-state index contributed by atoms with van der Waals surface area (Å²) < 4.78 is 38.3. The fourth-order valence-corrected chi connectivity index (χ4v) is 1.59. The molecule has 0 aliphatic carbocycles. The van der Waals surface area contributed by atoms with Gasteiger partial charge in [0, 0.05) is 10.6 Å². The highest BCUT2D eigenvalue weighted by atomic mass is 35.5. The van der Waals surface area contributed by atoms with E-state index in [0.29, 0.717) is 6.42 Å². The van der Waals surface area contributed by atoms with E-state index in [-0.39, 0.29) is 16.3 Å². The molecule has 0 bridgehead atoms. The van der Waals surface area contributed by atoms with Gasteiger partial charge in [0.1, 0.15) is 7.11 Å². The average molecular weight is 266 g/mol. The summed E-state index contributed by atoms with van der Waals surface area (Å²) in [6, 6.07) is 3.39. The molecule has 0 saturated heterocycles. The fourth-order valence-electron chi connectivity index (χ4n) is 1.42. The minimum Gasteiger partial charge on any atom is -0.399 e. The van der Waals surface area contributed by atoms with Gasteiger partial charge in [-0.2, -0.15) is 13.2 Å². The quantitative estimate of drug-likeness (QED) is 0.595. The van der Waals surface area contributed by atoms with E-state index in [1.165, 1.54) is 19.2 Å². The maximum atomic E-state index is 12.8. The number of oxime groups is 1. The molecule has 94 valence electrons. The van der Waals surface area contributed by atoms with Crippen LogP contribution in [-0.2, 0) is 11.0 Å². The molecule has 0 spiro atoms. The van der Waals surface area contributed by atoms with Crippen molar-refractivity contribution in [1.82, 2.24) is 0 Å². The van der Waals surface area contributed by atoms with Gasteiger partial charge in [-0.15, -0.1) is 0 Å². The topological polar surface area (TPSA) is 21.6 Å². The summed E-state index contributed by atoms with van der Waals surface area (Å²) in [5.41, 5.74) is -0.601. The number of halogens is 4. The third kappa shape index (κ3) is 3.36. The van der Waals surface area contributed by atoms with Crippen LogP contribution in [-0.4, -0.2) is 12.8 Å². The Kier molecular flexibility index (Phi) is 4.40. The van der Waals surface area contributed by atoms with Crippen molar-refractivity contribution in [3.8, 4) is 0 Å². The Morgan fingerprint density at radius 2 is 2.06 bits per heavy atom. The van der Waals surface area contributed by atoms with Crippen LogP contribution in [0.25, 0.3) is 0 Å². The largest absolute Gasteiger partial charge is 0.417 e. The van der Waals surface area contributed by atoms with Crippen LogP contribution in [0.15, 0.2) is 23.4 Å². The summed E-state index contributed by atoms with van der Waals surface area (Å²) in [6.07, 6.45) is -4.12. The fraction of sp³-hybridized carbons (Fsp3) is 0.364. The molecule has 0 radical (unpaired) electrons. The lowest BCUT2D eigenvalue weighted by atomic mass is 10.0. The maximum Gasteiger partial charge on any atom is 0.417 e. The van der Waals surface area contributed by atoms with Gasteiger partial charge in [0.25, 0.3) is 0 Å². The summed E-state index contributed by atoms with van der Waals surface area (Å²) in [4.78, 5) is 4.53. The van der Waals surface area contributed by atoms with Gasteiger partial charge in [0.15, 0.2) is 0 Å². The second-order valence-electron chi connectivity index (χ2n) is 3.26. The molecule has 2 nitrogen and oxygen atoms in total. The highest BCUT2D eigenvalue weighted by Gasteiger charge is 2.34. The van der Waals surface area contributed by atoms with Gasteiger partial charge in [0.05, 0.1) is 11.3 Å². The SMILES string of the molecule is CCC(=NOC)c1cc(Cl)ccc1C(F)(F)F. The second-order valence-corrected chi connectivity index (χ2v) is 3.70. The minimum absolute atomic E-state index is 0.0469. The molecule has 0 heterocycles. The van der Waals surface area contributed by atoms with Gasteiger partial charge in [-0.1, -0.05) is 23.7 Å². The molecule has 0 unspecified atom stereocenters. The predicted octanol–water partition coefficient (Wildman–Crippen LogP) is 4.12. The first kappa shape index (κ1) is 13.8. The summed E-state index contributed by atoms with van der Waals surface area (Å²) in [7, 11) is 1.29. The Labute approximate surface area is 102 Å². The number of hydrogen-bond acceptors (Lipinski definition) is 2. The first-order valence-electron chi connectivity index (χ1n) is 4.87. The van der Waals surface area contributed by atoms with Crippen molar-refractivity contribution >= 4 is 17.3 Å². The van der Waals surface area contributed by atoms with Gasteiger partial charge in [-0.25, -0.2) is 0 Å². The van der Waals surface area contributed by atoms with Gasteiger partial charge < -0.3 is 4.84 Å². The molecule has 0 atom stereocenters. The molecule has 1 aromatic rings. The zero-order valence-electron chi connectivity index (χ0n) is 9.31. The zero-order chi connectivity index (χ0) is 13.1. The van der Waals surface area contributed by atoms with Gasteiger partial charge in [0.2, 0.25) is 0 Å². The third-order valence-electron chi connectivity index (χ3n) is 2.13. The molecule has 0 fully saturated rings. The highest BCUT2D eigenvalue weighted by molar-refractivity contribution is 6.31. The smallest absolute Gasteiger partial charge is 0.399 e. The normalized spacial score (nSPS) is 12.7. The van der Waals surface area contributed by atoms with Crippen LogP contribution in [0.2, 0.25) is 5.02 Å². The molecular weight excluding hydrogens is 255 g/mol. The Hall–Kier alpha value is -1.23. The van der Waals surface area contributed by atoms with Crippen LogP contribution in [0.4, 0.5) is 13.2 Å². The van der Waals surface area contributed by atoms with Crippen LogP contribution < -0.4 is 0 Å². The summed E-state index contributed by atoms with van der Waals surface area (Å²) >= 11 is 5.70. The van der Waals surface area contributed by atoms with Crippen LogP contribution in [0.5, 0.6) is 0 Å².